The number of H-pyrrole nitrogens is 2. The molecule has 0 radical (unpaired) electrons. The van der Waals surface area contributed by atoms with Gasteiger partial charge in [0.15, 0.2) is 0 Å². The second kappa shape index (κ2) is 11.8. The minimum absolute atomic E-state index is 0.0763. The van der Waals surface area contributed by atoms with Crippen molar-refractivity contribution in [2.75, 3.05) is 13.1 Å². The number of aromatic amines is 2. The third kappa shape index (κ3) is 7.14. The van der Waals surface area contributed by atoms with Gasteiger partial charge in [-0.05, 0) is 91.2 Å². The molecule has 2 amide bonds. The van der Waals surface area contributed by atoms with E-state index >= 15 is 0 Å². The van der Waals surface area contributed by atoms with Crippen molar-refractivity contribution in [2.45, 2.75) is 103 Å². The maximum absolute atomic E-state index is 12.7. The number of likely N-dealkylation sites (tertiary alicyclic amines) is 2. The van der Waals surface area contributed by atoms with E-state index in [2.05, 4.69) is 44.2 Å². The number of nitrogens with one attached hydrogen (secondary N) is 2. The van der Waals surface area contributed by atoms with Crippen molar-refractivity contribution in [1.82, 2.24) is 29.7 Å². The minimum Gasteiger partial charge on any atom is -0.444 e. The van der Waals surface area contributed by atoms with Crippen LogP contribution in [0.25, 0.3) is 11.3 Å². The Morgan fingerprint density at radius 1 is 0.786 bits per heavy atom. The molecular weight excluding hydrogens is 532 g/mol. The summed E-state index contributed by atoms with van der Waals surface area (Å²) in [5, 5.41) is 0. The molecule has 0 spiro atoms. The maximum atomic E-state index is 12.7. The fraction of sp³-hybridized carbons (Fsp3) is 0.562. The summed E-state index contributed by atoms with van der Waals surface area (Å²) in [4.78, 5) is 45.1. The van der Waals surface area contributed by atoms with Gasteiger partial charge < -0.3 is 19.4 Å². The zero-order chi connectivity index (χ0) is 30.1. The maximum Gasteiger partial charge on any atom is 0.410 e. The molecule has 2 fully saturated rings. The molecule has 2 atom stereocenters. The standard InChI is InChI=1S/C32H44N6O4/c1-31(2,3)41-29(39)37-17-7-9-25(37)27-33-19-23(35-27)16-13-21-11-14-22(15-12-21)24-20-34-28(36-24)26-10-8-18-38(26)30(40)42-32(4,5)6/h11-12,14-15,19-20,25-26H,7-10,13,16-18H2,1-6H3,(H,33,35)(H,34,36). The first-order chi connectivity index (χ1) is 19.9. The van der Waals surface area contributed by atoms with Crippen LogP contribution in [0.5, 0.6) is 0 Å². The van der Waals surface area contributed by atoms with E-state index < -0.39 is 11.2 Å². The van der Waals surface area contributed by atoms with Crippen LogP contribution in [-0.4, -0.2) is 66.2 Å². The van der Waals surface area contributed by atoms with Crippen LogP contribution in [0.1, 0.15) is 102 Å². The van der Waals surface area contributed by atoms with Crippen molar-refractivity contribution in [1.29, 1.82) is 0 Å². The average molecular weight is 577 g/mol. The van der Waals surface area contributed by atoms with Gasteiger partial charge in [0.1, 0.15) is 22.9 Å². The zero-order valence-corrected chi connectivity index (χ0v) is 25.7. The number of nitrogens with zero attached hydrogens (tertiary/aromatic N) is 4. The van der Waals surface area contributed by atoms with Crippen LogP contribution in [-0.2, 0) is 22.3 Å². The molecule has 10 heteroatoms. The molecule has 2 unspecified atom stereocenters. The summed E-state index contributed by atoms with van der Waals surface area (Å²) < 4.78 is 11.2. The highest BCUT2D eigenvalue weighted by Gasteiger charge is 2.36. The Bertz CT molecular complexity index is 1380. The number of carbonyl (C=O) groups excluding carboxylic acids is 2. The lowest BCUT2D eigenvalue weighted by atomic mass is 10.1. The quantitative estimate of drug-likeness (QED) is 0.336. The SMILES string of the molecule is CC(C)(C)OC(=O)N1CCCC1c1ncc(CCc2ccc(-c3cnc(C4CCCN4C(=O)OC(C)(C)C)[nH]3)cc2)[nH]1. The summed E-state index contributed by atoms with van der Waals surface area (Å²) >= 11 is 0. The van der Waals surface area contributed by atoms with Crippen LogP contribution in [0.15, 0.2) is 36.7 Å². The number of carbonyl (C=O) groups is 2. The molecule has 0 bridgehead atoms. The Kier molecular flexibility index (Phi) is 8.35. The molecule has 10 nitrogen and oxygen atoms in total. The highest BCUT2D eigenvalue weighted by atomic mass is 16.6. The van der Waals surface area contributed by atoms with E-state index in [0.29, 0.717) is 13.1 Å². The molecule has 2 N–H and O–H groups in total. The molecule has 3 aromatic rings. The van der Waals surface area contributed by atoms with Gasteiger partial charge in [-0.25, -0.2) is 19.6 Å². The van der Waals surface area contributed by atoms with Crippen LogP contribution in [0.3, 0.4) is 0 Å². The number of hydrogen-bond donors (Lipinski definition) is 2. The van der Waals surface area contributed by atoms with E-state index in [-0.39, 0.29) is 24.3 Å². The number of rotatable bonds is 6. The Balaban J connectivity index is 1.17. The summed E-state index contributed by atoms with van der Waals surface area (Å²) in [6.45, 7) is 12.7. The third-order valence-corrected chi connectivity index (χ3v) is 7.58. The molecule has 226 valence electrons. The topological polar surface area (TPSA) is 116 Å². The number of aryl methyl sites for hydroxylation is 2. The molecule has 0 saturated carbocycles. The van der Waals surface area contributed by atoms with Gasteiger partial charge in [-0.15, -0.1) is 0 Å². The van der Waals surface area contributed by atoms with Gasteiger partial charge in [0.2, 0.25) is 0 Å². The number of ether oxygens (including phenoxy) is 2. The second-order valence-corrected chi connectivity index (χ2v) is 13.3. The van der Waals surface area contributed by atoms with Crippen molar-refractivity contribution in [3.05, 3.63) is 59.6 Å². The lowest BCUT2D eigenvalue weighted by molar-refractivity contribution is 0.0208. The molecule has 5 rings (SSSR count). The van der Waals surface area contributed by atoms with Crippen LogP contribution in [0.4, 0.5) is 9.59 Å². The van der Waals surface area contributed by atoms with Crippen LogP contribution < -0.4 is 0 Å². The number of aromatic nitrogens is 4. The highest BCUT2D eigenvalue weighted by Crippen LogP contribution is 2.34. The van der Waals surface area contributed by atoms with Crippen molar-refractivity contribution in [2.24, 2.45) is 0 Å². The summed E-state index contributed by atoms with van der Waals surface area (Å²) in [6.07, 6.45) is 8.43. The lowest BCUT2D eigenvalue weighted by Crippen LogP contribution is -2.36. The monoisotopic (exact) mass is 576 g/mol. The van der Waals surface area contributed by atoms with E-state index in [1.807, 2.05) is 53.9 Å². The van der Waals surface area contributed by atoms with Gasteiger partial charge in [0, 0.05) is 25.0 Å². The Labute approximate surface area is 248 Å². The van der Waals surface area contributed by atoms with Crippen LogP contribution in [0, 0.1) is 0 Å². The second-order valence-electron chi connectivity index (χ2n) is 13.3. The average Bonchev–Trinajstić information content (AvgIpc) is 3.71. The first kappa shape index (κ1) is 29.7. The normalized spacial score (nSPS) is 19.4. The van der Waals surface area contributed by atoms with Crippen molar-refractivity contribution in [3.63, 3.8) is 0 Å². The number of benzene rings is 1. The van der Waals surface area contributed by atoms with E-state index in [1.54, 1.807) is 9.80 Å². The molecule has 0 aliphatic carbocycles. The molecule has 1 aromatic carbocycles. The largest absolute Gasteiger partial charge is 0.444 e. The number of imidazole rings is 2. The molecular formula is C32H44N6O4. The number of hydrogen-bond acceptors (Lipinski definition) is 6. The Morgan fingerprint density at radius 3 is 1.86 bits per heavy atom. The third-order valence-electron chi connectivity index (χ3n) is 7.58. The van der Waals surface area contributed by atoms with Crippen LogP contribution >= 0.6 is 0 Å². The van der Waals surface area contributed by atoms with Crippen LogP contribution in [0.2, 0.25) is 0 Å². The predicted octanol–water partition coefficient (Wildman–Crippen LogP) is 6.73. The van der Waals surface area contributed by atoms with Gasteiger partial charge in [-0.3, -0.25) is 9.80 Å². The van der Waals surface area contributed by atoms with Gasteiger partial charge >= 0.3 is 12.2 Å². The fourth-order valence-electron chi connectivity index (χ4n) is 5.64. The molecule has 4 heterocycles. The number of amides is 2. The van der Waals surface area contributed by atoms with E-state index in [9.17, 15) is 9.59 Å². The summed E-state index contributed by atoms with van der Waals surface area (Å²) in [7, 11) is 0. The predicted molar refractivity (Wildman–Crippen MR) is 160 cm³/mol. The molecule has 2 aliphatic heterocycles. The Morgan fingerprint density at radius 2 is 1.31 bits per heavy atom. The summed E-state index contributed by atoms with van der Waals surface area (Å²) in [5.41, 5.74) is 3.20. The van der Waals surface area contributed by atoms with Gasteiger partial charge in [0.25, 0.3) is 0 Å². The van der Waals surface area contributed by atoms with E-state index in [0.717, 1.165) is 67.1 Å². The van der Waals surface area contributed by atoms with E-state index in [1.165, 1.54) is 5.56 Å². The van der Waals surface area contributed by atoms with Gasteiger partial charge in [-0.1, -0.05) is 24.3 Å². The molecule has 42 heavy (non-hydrogen) atoms. The van der Waals surface area contributed by atoms with E-state index in [4.69, 9.17) is 9.47 Å². The van der Waals surface area contributed by atoms with Gasteiger partial charge in [-0.2, -0.15) is 0 Å². The first-order valence-corrected chi connectivity index (χ1v) is 15.0. The summed E-state index contributed by atoms with van der Waals surface area (Å²) in [6, 6.07) is 8.29. The zero-order valence-electron chi connectivity index (χ0n) is 25.7. The highest BCUT2D eigenvalue weighted by molar-refractivity contribution is 5.69. The van der Waals surface area contributed by atoms with Gasteiger partial charge in [0.05, 0.1) is 24.0 Å². The lowest BCUT2D eigenvalue weighted by Gasteiger charge is -2.27. The smallest absolute Gasteiger partial charge is 0.410 e. The summed E-state index contributed by atoms with van der Waals surface area (Å²) in [5.74, 6) is 1.62. The molecule has 2 saturated heterocycles. The van der Waals surface area contributed by atoms with Crippen molar-refractivity contribution in [3.8, 4) is 11.3 Å². The fourth-order valence-corrected chi connectivity index (χ4v) is 5.64. The van der Waals surface area contributed by atoms with Crippen molar-refractivity contribution >= 4 is 12.2 Å². The first-order valence-electron chi connectivity index (χ1n) is 15.0. The Hall–Kier alpha value is -3.82. The minimum atomic E-state index is -0.529. The van der Waals surface area contributed by atoms with Crippen molar-refractivity contribution < 1.29 is 19.1 Å². The molecule has 2 aliphatic rings. The molecule has 2 aromatic heterocycles.